The lowest BCUT2D eigenvalue weighted by Gasteiger charge is -2.39. The summed E-state index contributed by atoms with van der Waals surface area (Å²) >= 11 is 0. The number of hydrogen-bond donors (Lipinski definition) is 1. The van der Waals surface area contributed by atoms with Gasteiger partial charge in [-0.15, -0.1) is 0 Å². The fourth-order valence-corrected chi connectivity index (χ4v) is 3.29. The molecule has 1 N–H and O–H groups in total. The summed E-state index contributed by atoms with van der Waals surface area (Å²) in [6.07, 6.45) is 0. The topological polar surface area (TPSA) is 76.8 Å². The van der Waals surface area contributed by atoms with Crippen molar-refractivity contribution in [2.45, 2.75) is 19.5 Å². The fourth-order valence-electron chi connectivity index (χ4n) is 3.29. The summed E-state index contributed by atoms with van der Waals surface area (Å²) < 4.78 is 5.60. The van der Waals surface area contributed by atoms with E-state index in [0.717, 1.165) is 11.3 Å². The average Bonchev–Trinajstić information content (AvgIpc) is 2.69. The van der Waals surface area contributed by atoms with Gasteiger partial charge in [0.05, 0.1) is 24.4 Å². The molecule has 1 heterocycles. The van der Waals surface area contributed by atoms with Crippen molar-refractivity contribution in [3.05, 3.63) is 59.7 Å². The third-order valence-electron chi connectivity index (χ3n) is 4.72. The summed E-state index contributed by atoms with van der Waals surface area (Å²) in [5.41, 5.74) is 2.16. The molecule has 0 saturated carbocycles. The minimum atomic E-state index is -0.0415. The highest BCUT2D eigenvalue weighted by Gasteiger charge is 2.31. The lowest BCUT2D eigenvalue weighted by atomic mass is 10.1. The quantitative estimate of drug-likeness (QED) is 0.849. The van der Waals surface area contributed by atoms with Gasteiger partial charge in [-0.2, -0.15) is 5.26 Å². The van der Waals surface area contributed by atoms with E-state index in [4.69, 9.17) is 9.84 Å². The summed E-state index contributed by atoms with van der Waals surface area (Å²) in [6, 6.07) is 17.2. The van der Waals surface area contributed by atoms with E-state index in [2.05, 4.69) is 17.9 Å². The Balaban J connectivity index is 1.75. The first-order valence-electron chi connectivity index (χ1n) is 8.99. The molecule has 0 spiro atoms. The molecule has 2 aromatic rings. The Labute approximate surface area is 159 Å². The number of carbonyl (C=O) groups is 1. The lowest BCUT2D eigenvalue weighted by Crippen LogP contribution is -2.55. The van der Waals surface area contributed by atoms with Crippen LogP contribution in [-0.4, -0.2) is 48.3 Å². The standard InChI is InChI=1S/C21H23N3O3/c1-16-13-24(19-8-4-2-6-17(19)12-22)21(26)15-23(16)14-18-7-3-5-9-20(18)27-11-10-25/h2-9,16,25H,10-11,13-15H2,1H3/t16-/m1/s1. The molecule has 3 rings (SSSR count). The first kappa shape index (κ1) is 18.9. The number of amides is 1. The van der Waals surface area contributed by atoms with Crippen LogP contribution in [0.2, 0.25) is 0 Å². The van der Waals surface area contributed by atoms with Crippen molar-refractivity contribution in [3.8, 4) is 11.8 Å². The monoisotopic (exact) mass is 365 g/mol. The fraction of sp³-hybridized carbons (Fsp3) is 0.333. The van der Waals surface area contributed by atoms with Crippen LogP contribution < -0.4 is 9.64 Å². The van der Waals surface area contributed by atoms with E-state index in [9.17, 15) is 10.1 Å². The Hall–Kier alpha value is -2.88. The summed E-state index contributed by atoms with van der Waals surface area (Å²) in [5, 5.41) is 18.3. The van der Waals surface area contributed by atoms with Gasteiger partial charge in [-0.1, -0.05) is 30.3 Å². The van der Waals surface area contributed by atoms with Gasteiger partial charge >= 0.3 is 0 Å². The van der Waals surface area contributed by atoms with E-state index in [-0.39, 0.29) is 31.7 Å². The van der Waals surface area contributed by atoms with Gasteiger partial charge in [0, 0.05) is 24.7 Å². The number of aliphatic hydroxyl groups is 1. The number of nitriles is 1. The minimum Gasteiger partial charge on any atom is -0.491 e. The zero-order valence-electron chi connectivity index (χ0n) is 15.3. The SMILES string of the molecule is C[C@@H]1CN(c2ccccc2C#N)C(=O)CN1Cc1ccccc1OCCO. The van der Waals surface area contributed by atoms with Crippen LogP contribution in [0.5, 0.6) is 5.75 Å². The van der Waals surface area contributed by atoms with Gasteiger partial charge in [-0.3, -0.25) is 9.69 Å². The van der Waals surface area contributed by atoms with Crippen LogP contribution in [0.15, 0.2) is 48.5 Å². The lowest BCUT2D eigenvalue weighted by molar-refractivity contribution is -0.122. The first-order chi connectivity index (χ1) is 13.1. The Kier molecular flexibility index (Phi) is 6.07. The molecule has 1 atom stereocenters. The van der Waals surface area contributed by atoms with Crippen LogP contribution in [0, 0.1) is 11.3 Å². The molecule has 0 aromatic heterocycles. The van der Waals surface area contributed by atoms with Crippen molar-refractivity contribution >= 4 is 11.6 Å². The van der Waals surface area contributed by atoms with E-state index >= 15 is 0 Å². The van der Waals surface area contributed by atoms with Crippen molar-refractivity contribution in [1.82, 2.24) is 4.90 Å². The Morgan fingerprint density at radius 1 is 1.22 bits per heavy atom. The normalized spacial score (nSPS) is 17.6. The van der Waals surface area contributed by atoms with Crippen molar-refractivity contribution in [2.24, 2.45) is 0 Å². The van der Waals surface area contributed by atoms with Crippen LogP contribution in [0.25, 0.3) is 0 Å². The number of piperazine rings is 1. The molecule has 1 aliphatic heterocycles. The van der Waals surface area contributed by atoms with Crippen molar-refractivity contribution in [1.29, 1.82) is 5.26 Å². The van der Waals surface area contributed by atoms with Crippen molar-refractivity contribution in [2.75, 3.05) is 31.2 Å². The van der Waals surface area contributed by atoms with Gasteiger partial charge in [0.15, 0.2) is 0 Å². The smallest absolute Gasteiger partial charge is 0.241 e. The second-order valence-corrected chi connectivity index (χ2v) is 6.57. The maximum absolute atomic E-state index is 12.8. The summed E-state index contributed by atoms with van der Waals surface area (Å²) in [6.45, 7) is 3.66. The molecule has 27 heavy (non-hydrogen) atoms. The number of anilines is 1. The van der Waals surface area contributed by atoms with Crippen LogP contribution in [0.1, 0.15) is 18.1 Å². The number of rotatable bonds is 6. The molecule has 1 saturated heterocycles. The summed E-state index contributed by atoms with van der Waals surface area (Å²) in [5.74, 6) is 0.702. The van der Waals surface area contributed by atoms with Crippen LogP contribution in [0.4, 0.5) is 5.69 Å². The van der Waals surface area contributed by atoms with Gasteiger partial charge in [0.25, 0.3) is 0 Å². The van der Waals surface area contributed by atoms with E-state index in [0.29, 0.717) is 24.3 Å². The molecule has 0 bridgehead atoms. The highest BCUT2D eigenvalue weighted by atomic mass is 16.5. The molecule has 1 fully saturated rings. The van der Waals surface area contributed by atoms with Crippen LogP contribution in [-0.2, 0) is 11.3 Å². The summed E-state index contributed by atoms with van der Waals surface area (Å²) in [4.78, 5) is 16.6. The molecule has 0 radical (unpaired) electrons. The van der Waals surface area contributed by atoms with Gasteiger partial charge in [0.2, 0.25) is 5.91 Å². The zero-order chi connectivity index (χ0) is 19.2. The van der Waals surface area contributed by atoms with Crippen molar-refractivity contribution in [3.63, 3.8) is 0 Å². The minimum absolute atomic E-state index is 0.0236. The predicted molar refractivity (Wildman–Crippen MR) is 102 cm³/mol. The van der Waals surface area contributed by atoms with E-state index < -0.39 is 0 Å². The zero-order valence-corrected chi connectivity index (χ0v) is 15.3. The second kappa shape index (κ2) is 8.67. The van der Waals surface area contributed by atoms with Crippen LogP contribution in [0.3, 0.4) is 0 Å². The number of benzene rings is 2. The second-order valence-electron chi connectivity index (χ2n) is 6.57. The maximum Gasteiger partial charge on any atom is 0.241 e. The number of ether oxygens (including phenoxy) is 1. The molecule has 2 aromatic carbocycles. The Morgan fingerprint density at radius 2 is 1.96 bits per heavy atom. The largest absolute Gasteiger partial charge is 0.491 e. The summed E-state index contributed by atoms with van der Waals surface area (Å²) in [7, 11) is 0. The Morgan fingerprint density at radius 3 is 2.74 bits per heavy atom. The van der Waals surface area contributed by atoms with E-state index in [1.807, 2.05) is 36.4 Å². The molecule has 1 amide bonds. The highest BCUT2D eigenvalue weighted by molar-refractivity contribution is 5.96. The molecule has 6 heteroatoms. The van der Waals surface area contributed by atoms with Gasteiger partial charge < -0.3 is 14.7 Å². The number of nitrogens with zero attached hydrogens (tertiary/aromatic N) is 3. The van der Waals surface area contributed by atoms with Gasteiger partial charge in [-0.25, -0.2) is 0 Å². The van der Waals surface area contributed by atoms with E-state index in [1.54, 1.807) is 17.0 Å². The molecule has 6 nitrogen and oxygen atoms in total. The molecular formula is C21H23N3O3. The van der Waals surface area contributed by atoms with E-state index in [1.165, 1.54) is 0 Å². The number of aliphatic hydroxyl groups excluding tert-OH is 1. The van der Waals surface area contributed by atoms with Gasteiger partial charge in [-0.05, 0) is 25.1 Å². The Bertz CT molecular complexity index is 847. The first-order valence-corrected chi connectivity index (χ1v) is 8.99. The predicted octanol–water partition coefficient (Wildman–Crippen LogP) is 2.17. The molecule has 140 valence electrons. The molecule has 0 unspecified atom stereocenters. The molecular weight excluding hydrogens is 342 g/mol. The third-order valence-corrected chi connectivity index (χ3v) is 4.72. The average molecular weight is 365 g/mol. The van der Waals surface area contributed by atoms with Crippen LogP contribution >= 0.6 is 0 Å². The molecule has 1 aliphatic rings. The third kappa shape index (κ3) is 4.27. The van der Waals surface area contributed by atoms with Crippen molar-refractivity contribution < 1.29 is 14.6 Å². The number of carbonyl (C=O) groups excluding carboxylic acids is 1. The maximum atomic E-state index is 12.8. The number of hydrogen-bond acceptors (Lipinski definition) is 5. The van der Waals surface area contributed by atoms with Gasteiger partial charge in [0.1, 0.15) is 18.4 Å². The highest BCUT2D eigenvalue weighted by Crippen LogP contribution is 2.26. The molecule has 0 aliphatic carbocycles. The number of para-hydroxylation sites is 2.